The van der Waals surface area contributed by atoms with E-state index >= 15 is 0 Å². The fourth-order valence-electron chi connectivity index (χ4n) is 7.36. The lowest BCUT2D eigenvalue weighted by atomic mass is 9.70. The van der Waals surface area contributed by atoms with Gasteiger partial charge >= 0.3 is 5.97 Å². The maximum Gasteiger partial charge on any atom is 0.313 e. The third-order valence-electron chi connectivity index (χ3n) is 9.50. The topological polar surface area (TPSA) is 125 Å². The van der Waals surface area contributed by atoms with Crippen LogP contribution < -0.4 is 5.32 Å². The number of allylic oxidation sites excluding steroid dienone is 1. The lowest BCUT2D eigenvalue weighted by Crippen LogP contribution is -2.61. The Balaban J connectivity index is 1.70. The van der Waals surface area contributed by atoms with Crippen LogP contribution in [0.25, 0.3) is 0 Å². The number of aliphatic hydroxyl groups excluding tert-OH is 1. The number of ether oxygens (including phenoxy) is 2. The number of nitrogens with one attached hydrogen (secondary N) is 1. The van der Waals surface area contributed by atoms with Gasteiger partial charge in [0.1, 0.15) is 17.7 Å². The minimum Gasteiger partial charge on any atom is -0.455 e. The zero-order valence-electron chi connectivity index (χ0n) is 27.2. The van der Waals surface area contributed by atoms with Gasteiger partial charge in [0.15, 0.2) is 0 Å². The summed E-state index contributed by atoms with van der Waals surface area (Å²) in [5.41, 5.74) is -1.12. The van der Waals surface area contributed by atoms with Crippen molar-refractivity contribution in [1.82, 2.24) is 15.1 Å². The Kier molecular flexibility index (Phi) is 10.6. The van der Waals surface area contributed by atoms with Gasteiger partial charge in [-0.25, -0.2) is 0 Å². The zero-order chi connectivity index (χ0) is 33.1. The number of rotatable bonds is 14. The van der Waals surface area contributed by atoms with Gasteiger partial charge in [-0.3, -0.25) is 19.2 Å². The van der Waals surface area contributed by atoms with E-state index in [9.17, 15) is 24.3 Å². The lowest BCUT2D eigenvalue weighted by molar-refractivity contribution is -0.163. The molecular formula is C35H49N3O7. The predicted molar refractivity (Wildman–Crippen MR) is 170 cm³/mol. The number of carbonyl (C=O) groups is 4. The predicted octanol–water partition coefficient (Wildman–Crippen LogP) is 3.70. The van der Waals surface area contributed by atoms with Gasteiger partial charge in [-0.05, 0) is 58.9 Å². The molecule has 3 aliphatic heterocycles. The van der Waals surface area contributed by atoms with Gasteiger partial charge in [-0.2, -0.15) is 0 Å². The number of benzene rings is 1. The minimum atomic E-state index is -1.23. The fourth-order valence-corrected chi connectivity index (χ4v) is 7.36. The molecular weight excluding hydrogens is 574 g/mol. The van der Waals surface area contributed by atoms with Crippen molar-refractivity contribution in [3.05, 3.63) is 61.2 Å². The van der Waals surface area contributed by atoms with E-state index in [0.717, 1.165) is 0 Å². The Morgan fingerprint density at radius 3 is 2.49 bits per heavy atom. The Morgan fingerprint density at radius 1 is 1.22 bits per heavy atom. The van der Waals surface area contributed by atoms with Gasteiger partial charge in [0.05, 0.1) is 36.6 Å². The molecule has 2 N–H and O–H groups in total. The van der Waals surface area contributed by atoms with Gasteiger partial charge in [-0.15, -0.1) is 13.2 Å². The van der Waals surface area contributed by atoms with E-state index in [-0.39, 0.29) is 37.3 Å². The van der Waals surface area contributed by atoms with Crippen molar-refractivity contribution in [2.24, 2.45) is 11.8 Å². The zero-order valence-corrected chi connectivity index (χ0v) is 27.2. The van der Waals surface area contributed by atoms with Gasteiger partial charge < -0.3 is 29.7 Å². The minimum absolute atomic E-state index is 0.193. The molecule has 3 amide bonds. The van der Waals surface area contributed by atoms with Crippen molar-refractivity contribution in [3.8, 4) is 0 Å². The number of fused-ring (bicyclic) bond motifs is 1. The van der Waals surface area contributed by atoms with Gasteiger partial charge in [-0.1, -0.05) is 49.4 Å². The van der Waals surface area contributed by atoms with Gasteiger partial charge in [0.2, 0.25) is 17.7 Å². The van der Waals surface area contributed by atoms with Crippen LogP contribution in [0.5, 0.6) is 0 Å². The summed E-state index contributed by atoms with van der Waals surface area (Å²) in [6.45, 7) is 16.8. The summed E-state index contributed by atoms with van der Waals surface area (Å²) in [4.78, 5) is 58.8. The molecule has 10 heteroatoms. The molecule has 1 aromatic carbocycles. The van der Waals surface area contributed by atoms with E-state index in [0.29, 0.717) is 31.2 Å². The van der Waals surface area contributed by atoms with Crippen molar-refractivity contribution in [1.29, 1.82) is 0 Å². The van der Waals surface area contributed by atoms with Gasteiger partial charge in [0, 0.05) is 18.5 Å². The number of hydrogen-bond donors (Lipinski definition) is 2. The van der Waals surface area contributed by atoms with Crippen LogP contribution in [0.15, 0.2) is 55.6 Å². The SMILES string of the molecule is C=CCCC(=O)N[C@@H](C)[C@H](OC(=O)[C@@H]1[C@H]2C(=O)N([C@@H](CC)CO)[C@H](C(=O)N(CC=C)C(C)(C)C)[C@]23CC[C@H]1O3)c1ccccc1. The molecule has 1 aromatic rings. The molecule has 0 aliphatic carbocycles. The number of carbonyl (C=O) groups excluding carboxylic acids is 4. The Labute approximate surface area is 266 Å². The first-order chi connectivity index (χ1) is 21.4. The lowest BCUT2D eigenvalue weighted by Gasteiger charge is -2.43. The molecule has 0 saturated carbocycles. The first-order valence-corrected chi connectivity index (χ1v) is 16.0. The molecule has 45 heavy (non-hydrogen) atoms. The molecule has 10 nitrogen and oxygen atoms in total. The largest absolute Gasteiger partial charge is 0.455 e. The highest BCUT2D eigenvalue weighted by molar-refractivity contribution is 5.98. The molecule has 3 heterocycles. The fraction of sp³-hybridized carbons (Fsp3) is 0.600. The van der Waals surface area contributed by atoms with Crippen LogP contribution in [-0.2, 0) is 28.7 Å². The van der Waals surface area contributed by atoms with Crippen LogP contribution in [0, 0.1) is 11.8 Å². The smallest absolute Gasteiger partial charge is 0.313 e. The van der Waals surface area contributed by atoms with E-state index in [1.807, 2.05) is 58.0 Å². The van der Waals surface area contributed by atoms with Crippen molar-refractivity contribution in [2.45, 2.75) is 108 Å². The summed E-state index contributed by atoms with van der Waals surface area (Å²) in [7, 11) is 0. The average Bonchev–Trinajstić information content (AvgIpc) is 3.65. The molecule has 1 spiro atoms. The summed E-state index contributed by atoms with van der Waals surface area (Å²) in [6.07, 6.45) is 4.00. The second-order valence-corrected chi connectivity index (χ2v) is 13.4. The number of esters is 1. The van der Waals surface area contributed by atoms with Crippen molar-refractivity contribution >= 4 is 23.7 Å². The average molecular weight is 624 g/mol. The summed E-state index contributed by atoms with van der Waals surface area (Å²) < 4.78 is 12.8. The Morgan fingerprint density at radius 2 is 1.91 bits per heavy atom. The molecule has 0 radical (unpaired) electrons. The second kappa shape index (κ2) is 13.9. The molecule has 2 bridgehead atoms. The third kappa shape index (κ3) is 6.45. The summed E-state index contributed by atoms with van der Waals surface area (Å²) in [5, 5.41) is 13.3. The van der Waals surface area contributed by atoms with Gasteiger partial charge in [0.25, 0.3) is 0 Å². The van der Waals surface area contributed by atoms with E-state index in [4.69, 9.17) is 9.47 Å². The summed E-state index contributed by atoms with van der Waals surface area (Å²) in [5.74, 6) is -3.37. The van der Waals surface area contributed by atoms with Crippen LogP contribution in [0.1, 0.15) is 78.4 Å². The normalized spacial score (nSPS) is 27.3. The first-order valence-electron chi connectivity index (χ1n) is 16.0. The molecule has 0 unspecified atom stereocenters. The third-order valence-corrected chi connectivity index (χ3v) is 9.50. The van der Waals surface area contributed by atoms with Crippen LogP contribution >= 0.6 is 0 Å². The van der Waals surface area contributed by atoms with Crippen molar-refractivity contribution in [3.63, 3.8) is 0 Å². The van der Waals surface area contributed by atoms with E-state index in [1.54, 1.807) is 24.0 Å². The molecule has 3 aliphatic rings. The Hall–Kier alpha value is -3.50. The molecule has 246 valence electrons. The molecule has 3 fully saturated rings. The van der Waals surface area contributed by atoms with Crippen molar-refractivity contribution in [2.75, 3.05) is 13.2 Å². The highest BCUT2D eigenvalue weighted by Crippen LogP contribution is 2.59. The number of likely N-dealkylation sites (tertiary alicyclic amines) is 1. The van der Waals surface area contributed by atoms with Crippen LogP contribution in [0.3, 0.4) is 0 Å². The summed E-state index contributed by atoms with van der Waals surface area (Å²) in [6, 6.07) is 6.96. The molecule has 3 saturated heterocycles. The number of nitrogens with zero attached hydrogens (tertiary/aromatic N) is 2. The van der Waals surface area contributed by atoms with Crippen LogP contribution in [-0.4, -0.2) is 87.1 Å². The van der Waals surface area contributed by atoms with E-state index in [2.05, 4.69) is 18.5 Å². The maximum absolute atomic E-state index is 14.5. The number of hydrogen-bond acceptors (Lipinski definition) is 7. The Bertz CT molecular complexity index is 1270. The quantitative estimate of drug-likeness (QED) is 0.239. The molecule has 8 atom stereocenters. The monoisotopic (exact) mass is 623 g/mol. The van der Waals surface area contributed by atoms with E-state index in [1.165, 1.54) is 4.90 Å². The maximum atomic E-state index is 14.5. The molecule has 4 rings (SSSR count). The highest BCUT2D eigenvalue weighted by atomic mass is 16.6. The van der Waals surface area contributed by atoms with Crippen LogP contribution in [0.2, 0.25) is 0 Å². The standard InChI is InChI=1S/C35H49N3O7/c1-8-11-17-26(40)36-22(4)29(23-15-13-12-14-16-23)44-33(43)27-25-18-19-35(45-25)28(27)31(41)38(24(10-3)21-39)30(35)32(42)37(20-9-2)34(5,6)7/h8-9,12-16,22,24-25,27-30,39H,1-2,10-11,17-21H2,3-7H3,(H,36,40)/t22-,24-,25+,27-,28-,29-,30+,35-/m0/s1. The van der Waals surface area contributed by atoms with Crippen molar-refractivity contribution < 1.29 is 33.8 Å². The molecule has 0 aromatic heterocycles. The highest BCUT2D eigenvalue weighted by Gasteiger charge is 2.75. The summed E-state index contributed by atoms with van der Waals surface area (Å²) >= 11 is 0. The number of amides is 3. The number of aliphatic hydroxyl groups is 1. The first kappa shape index (κ1) is 34.4. The van der Waals surface area contributed by atoms with E-state index < -0.39 is 59.3 Å². The van der Waals surface area contributed by atoms with Crippen LogP contribution in [0.4, 0.5) is 0 Å². The second-order valence-electron chi connectivity index (χ2n) is 13.4.